The summed E-state index contributed by atoms with van der Waals surface area (Å²) >= 11 is 3.52. The first kappa shape index (κ1) is 11.7. The highest BCUT2D eigenvalue weighted by molar-refractivity contribution is 7.21. The smallest absolute Gasteiger partial charge is 0.152 e. The summed E-state index contributed by atoms with van der Waals surface area (Å²) in [6.07, 6.45) is 2.01. The summed E-state index contributed by atoms with van der Waals surface area (Å²) in [7, 11) is 0. The van der Waals surface area contributed by atoms with Crippen molar-refractivity contribution >= 4 is 22.7 Å². The van der Waals surface area contributed by atoms with Crippen LogP contribution in [0.2, 0.25) is 0 Å². The number of thiazole rings is 2. The van der Waals surface area contributed by atoms with Gasteiger partial charge in [0.15, 0.2) is 10.0 Å². The van der Waals surface area contributed by atoms with Gasteiger partial charge in [0.25, 0.3) is 0 Å². The van der Waals surface area contributed by atoms with Crippen LogP contribution < -0.4 is 0 Å². The maximum absolute atomic E-state index is 4.65. The second kappa shape index (κ2) is 4.63. The highest BCUT2D eigenvalue weighted by atomic mass is 32.1. The molecule has 0 saturated heterocycles. The second-order valence-electron chi connectivity index (χ2n) is 3.75. The van der Waals surface area contributed by atoms with Gasteiger partial charge >= 0.3 is 0 Å². The van der Waals surface area contributed by atoms with Crippen molar-refractivity contribution in [2.24, 2.45) is 0 Å². The highest BCUT2D eigenvalue weighted by Crippen LogP contribution is 2.32. The van der Waals surface area contributed by atoms with E-state index in [1.807, 2.05) is 0 Å². The van der Waals surface area contributed by atoms with Gasteiger partial charge in [-0.2, -0.15) is 0 Å². The summed E-state index contributed by atoms with van der Waals surface area (Å²) in [5, 5.41) is 2.17. The van der Waals surface area contributed by atoms with Crippen molar-refractivity contribution in [1.82, 2.24) is 9.97 Å². The lowest BCUT2D eigenvalue weighted by Crippen LogP contribution is -1.84. The third-order valence-corrected chi connectivity index (χ3v) is 4.81. The Morgan fingerprint density at radius 2 is 1.19 bits per heavy atom. The standard InChI is InChI=1S/C12H16N2S2/c1-5-9-7(3)15-11(13-9)12-14-10(6-2)8(4)16-12/h5-6H2,1-4H3. The molecule has 0 bridgehead atoms. The predicted octanol–water partition coefficient (Wildman–Crippen LogP) is 4.01. The third kappa shape index (κ3) is 2.04. The molecule has 16 heavy (non-hydrogen) atoms. The molecule has 0 aliphatic carbocycles. The topological polar surface area (TPSA) is 25.8 Å². The van der Waals surface area contributed by atoms with E-state index in [1.54, 1.807) is 22.7 Å². The van der Waals surface area contributed by atoms with Gasteiger partial charge in [0, 0.05) is 9.75 Å². The molecule has 0 amide bonds. The van der Waals surface area contributed by atoms with Crippen molar-refractivity contribution in [2.45, 2.75) is 40.5 Å². The van der Waals surface area contributed by atoms with E-state index in [-0.39, 0.29) is 0 Å². The van der Waals surface area contributed by atoms with Crippen molar-refractivity contribution in [3.8, 4) is 10.0 Å². The molecule has 0 N–H and O–H groups in total. The molecule has 0 aliphatic heterocycles. The Hall–Kier alpha value is -0.740. The molecule has 0 atom stereocenters. The van der Waals surface area contributed by atoms with Gasteiger partial charge in [-0.15, -0.1) is 22.7 Å². The Kier molecular flexibility index (Phi) is 3.40. The highest BCUT2D eigenvalue weighted by Gasteiger charge is 2.13. The van der Waals surface area contributed by atoms with Gasteiger partial charge in [-0.25, -0.2) is 9.97 Å². The summed E-state index contributed by atoms with van der Waals surface area (Å²) in [4.78, 5) is 12.0. The van der Waals surface area contributed by atoms with E-state index in [0.717, 1.165) is 22.9 Å². The molecule has 0 unspecified atom stereocenters. The summed E-state index contributed by atoms with van der Waals surface area (Å²) < 4.78 is 0. The van der Waals surface area contributed by atoms with Crippen molar-refractivity contribution < 1.29 is 0 Å². The third-order valence-electron chi connectivity index (χ3n) is 2.64. The van der Waals surface area contributed by atoms with Crippen LogP contribution in [0, 0.1) is 13.8 Å². The molecule has 0 aromatic carbocycles. The molecular weight excluding hydrogens is 236 g/mol. The Bertz CT molecular complexity index is 451. The molecule has 0 fully saturated rings. The molecule has 0 spiro atoms. The van der Waals surface area contributed by atoms with Crippen LogP contribution >= 0.6 is 22.7 Å². The van der Waals surface area contributed by atoms with Gasteiger partial charge in [-0.1, -0.05) is 13.8 Å². The summed E-state index contributed by atoms with van der Waals surface area (Å²) in [5.74, 6) is 0. The molecule has 86 valence electrons. The van der Waals surface area contributed by atoms with E-state index in [4.69, 9.17) is 0 Å². The zero-order chi connectivity index (χ0) is 11.7. The minimum atomic E-state index is 1.01. The Morgan fingerprint density at radius 1 is 0.812 bits per heavy atom. The molecule has 2 heterocycles. The largest absolute Gasteiger partial charge is 0.238 e. The normalized spacial score (nSPS) is 11.0. The van der Waals surface area contributed by atoms with E-state index in [9.17, 15) is 0 Å². The quantitative estimate of drug-likeness (QED) is 0.825. The van der Waals surface area contributed by atoms with Gasteiger partial charge in [0.2, 0.25) is 0 Å². The summed E-state index contributed by atoms with van der Waals surface area (Å²) in [6, 6.07) is 0. The molecule has 2 aromatic rings. The van der Waals surface area contributed by atoms with E-state index in [0.29, 0.717) is 0 Å². The number of nitrogens with zero attached hydrogens (tertiary/aromatic N) is 2. The molecule has 0 saturated carbocycles. The Balaban J connectivity index is 2.42. The van der Waals surface area contributed by atoms with Crippen LogP contribution in [0.25, 0.3) is 10.0 Å². The second-order valence-corrected chi connectivity index (χ2v) is 6.16. The van der Waals surface area contributed by atoms with Gasteiger partial charge in [-0.05, 0) is 26.7 Å². The van der Waals surface area contributed by atoms with Crippen LogP contribution in [0.15, 0.2) is 0 Å². The number of aryl methyl sites for hydroxylation is 4. The molecule has 2 rings (SSSR count). The van der Waals surface area contributed by atoms with Crippen molar-refractivity contribution in [2.75, 3.05) is 0 Å². The average Bonchev–Trinajstić information content (AvgIpc) is 2.81. The molecule has 2 aromatic heterocycles. The number of aromatic nitrogens is 2. The van der Waals surface area contributed by atoms with Crippen molar-refractivity contribution in [1.29, 1.82) is 0 Å². The Morgan fingerprint density at radius 3 is 1.44 bits per heavy atom. The zero-order valence-corrected chi connectivity index (χ0v) is 11.8. The van der Waals surface area contributed by atoms with Gasteiger partial charge in [0.05, 0.1) is 11.4 Å². The Labute approximate surface area is 104 Å². The molecular formula is C12H16N2S2. The fourth-order valence-electron chi connectivity index (χ4n) is 1.70. The van der Waals surface area contributed by atoms with Crippen molar-refractivity contribution in [3.63, 3.8) is 0 Å². The van der Waals surface area contributed by atoms with Crippen LogP contribution in [0.4, 0.5) is 0 Å². The lowest BCUT2D eigenvalue weighted by molar-refractivity contribution is 1.03. The maximum Gasteiger partial charge on any atom is 0.152 e. The lowest BCUT2D eigenvalue weighted by Gasteiger charge is -1.88. The predicted molar refractivity (Wildman–Crippen MR) is 71.5 cm³/mol. The summed E-state index contributed by atoms with van der Waals surface area (Å²) in [5.41, 5.74) is 2.43. The monoisotopic (exact) mass is 252 g/mol. The van der Waals surface area contributed by atoms with E-state index in [1.165, 1.54) is 21.1 Å². The van der Waals surface area contributed by atoms with Gasteiger partial charge in [-0.3, -0.25) is 0 Å². The average molecular weight is 252 g/mol. The zero-order valence-electron chi connectivity index (χ0n) is 10.1. The molecule has 4 heteroatoms. The van der Waals surface area contributed by atoms with E-state index >= 15 is 0 Å². The van der Waals surface area contributed by atoms with Crippen molar-refractivity contribution in [3.05, 3.63) is 21.1 Å². The van der Waals surface area contributed by atoms with Gasteiger partial charge < -0.3 is 0 Å². The number of hydrogen-bond donors (Lipinski definition) is 0. The number of rotatable bonds is 3. The summed E-state index contributed by atoms with van der Waals surface area (Å²) in [6.45, 7) is 8.58. The lowest BCUT2D eigenvalue weighted by atomic mass is 10.3. The minimum Gasteiger partial charge on any atom is -0.238 e. The number of hydrogen-bond acceptors (Lipinski definition) is 4. The molecule has 2 nitrogen and oxygen atoms in total. The van der Waals surface area contributed by atoms with Crippen LogP contribution in [-0.2, 0) is 12.8 Å². The van der Waals surface area contributed by atoms with Crippen LogP contribution in [0.5, 0.6) is 0 Å². The molecule has 0 aliphatic rings. The SMILES string of the molecule is CCc1nc(-c2nc(CC)c(C)s2)sc1C. The molecule has 0 radical (unpaired) electrons. The maximum atomic E-state index is 4.65. The first-order valence-electron chi connectivity index (χ1n) is 5.58. The van der Waals surface area contributed by atoms with E-state index in [2.05, 4.69) is 37.7 Å². The fraction of sp³-hybridized carbons (Fsp3) is 0.500. The van der Waals surface area contributed by atoms with Crippen LogP contribution in [-0.4, -0.2) is 9.97 Å². The minimum absolute atomic E-state index is 1.01. The van der Waals surface area contributed by atoms with Crippen LogP contribution in [0.1, 0.15) is 35.0 Å². The van der Waals surface area contributed by atoms with Crippen LogP contribution in [0.3, 0.4) is 0 Å². The fourth-order valence-corrected chi connectivity index (χ4v) is 3.72. The first-order chi connectivity index (χ1) is 7.65. The first-order valence-corrected chi connectivity index (χ1v) is 7.22. The van der Waals surface area contributed by atoms with E-state index < -0.39 is 0 Å². The van der Waals surface area contributed by atoms with Gasteiger partial charge in [0.1, 0.15) is 0 Å².